The highest BCUT2D eigenvalue weighted by atomic mass is 32.1. The van der Waals surface area contributed by atoms with E-state index in [0.717, 1.165) is 23.8 Å². The summed E-state index contributed by atoms with van der Waals surface area (Å²) in [6, 6.07) is 4.14. The Morgan fingerprint density at radius 1 is 1.18 bits per heavy atom. The van der Waals surface area contributed by atoms with Gasteiger partial charge in [-0.15, -0.1) is 11.3 Å². The van der Waals surface area contributed by atoms with Crippen LogP contribution in [-0.2, 0) is 12.8 Å². The van der Waals surface area contributed by atoms with Crippen LogP contribution in [0.3, 0.4) is 0 Å². The highest BCUT2D eigenvalue weighted by Crippen LogP contribution is 2.19. The van der Waals surface area contributed by atoms with Crippen LogP contribution >= 0.6 is 11.3 Å². The quantitative estimate of drug-likeness (QED) is 0.853. The molecular weight excluding hydrogens is 232 g/mol. The lowest BCUT2D eigenvalue weighted by molar-refractivity contribution is 0.971. The molecule has 2 heterocycles. The van der Waals surface area contributed by atoms with Crippen molar-refractivity contribution in [3.63, 3.8) is 0 Å². The van der Waals surface area contributed by atoms with E-state index in [1.165, 1.54) is 10.4 Å². The molecule has 0 saturated heterocycles. The first kappa shape index (κ1) is 11.9. The van der Waals surface area contributed by atoms with Crippen molar-refractivity contribution in [2.24, 2.45) is 0 Å². The van der Waals surface area contributed by atoms with Gasteiger partial charge in [-0.05, 0) is 30.5 Å². The third-order valence-corrected chi connectivity index (χ3v) is 3.58. The van der Waals surface area contributed by atoms with E-state index >= 15 is 0 Å². The summed E-state index contributed by atoms with van der Waals surface area (Å²) in [7, 11) is 3.78. The highest BCUT2D eigenvalue weighted by Gasteiger charge is 2.01. The van der Waals surface area contributed by atoms with Crippen molar-refractivity contribution in [2.45, 2.75) is 12.8 Å². The van der Waals surface area contributed by atoms with Gasteiger partial charge in [-0.1, -0.05) is 0 Å². The van der Waals surface area contributed by atoms with Crippen LogP contribution in [0.4, 0.5) is 10.9 Å². The first-order chi connectivity index (χ1) is 8.31. The predicted molar refractivity (Wildman–Crippen MR) is 72.9 cm³/mol. The number of hydrogen-bond acceptors (Lipinski definition) is 5. The fraction of sp³-hybridized carbons (Fsp3) is 0.333. The zero-order valence-corrected chi connectivity index (χ0v) is 10.8. The van der Waals surface area contributed by atoms with Crippen molar-refractivity contribution in [3.8, 4) is 0 Å². The third-order valence-electron chi connectivity index (χ3n) is 2.51. The minimum absolute atomic E-state index is 0.919. The Morgan fingerprint density at radius 3 is 2.76 bits per heavy atom. The normalized spacial score (nSPS) is 10.2. The molecule has 2 aromatic rings. The summed E-state index contributed by atoms with van der Waals surface area (Å²) in [4.78, 5) is 9.77. The second-order valence-corrected chi connectivity index (χ2v) is 4.80. The number of nitrogens with zero attached hydrogens (tertiary/aromatic N) is 2. The molecule has 0 aromatic carbocycles. The minimum Gasteiger partial charge on any atom is -0.373 e. The number of hydrogen-bond donors (Lipinski definition) is 2. The molecule has 0 aliphatic carbocycles. The zero-order chi connectivity index (χ0) is 12.1. The molecule has 17 heavy (non-hydrogen) atoms. The number of thiazole rings is 1. The molecule has 2 N–H and O–H groups in total. The van der Waals surface area contributed by atoms with Crippen molar-refractivity contribution in [1.82, 2.24) is 9.97 Å². The van der Waals surface area contributed by atoms with Gasteiger partial charge < -0.3 is 10.6 Å². The number of aromatic nitrogens is 2. The summed E-state index contributed by atoms with van der Waals surface area (Å²) in [6.07, 6.45) is 5.82. The topological polar surface area (TPSA) is 49.8 Å². The number of pyridine rings is 1. The van der Waals surface area contributed by atoms with E-state index in [0.29, 0.717) is 0 Å². The zero-order valence-electron chi connectivity index (χ0n) is 10.0. The summed E-state index contributed by atoms with van der Waals surface area (Å²) >= 11 is 1.71. The molecule has 0 fully saturated rings. The number of nitrogens with one attached hydrogen (secondary N) is 2. The van der Waals surface area contributed by atoms with Crippen molar-refractivity contribution in [3.05, 3.63) is 35.0 Å². The maximum atomic E-state index is 4.26. The average molecular weight is 248 g/mol. The first-order valence-corrected chi connectivity index (χ1v) is 6.38. The maximum absolute atomic E-state index is 4.26. The van der Waals surface area contributed by atoms with Crippen LogP contribution in [-0.4, -0.2) is 24.1 Å². The van der Waals surface area contributed by atoms with Crippen LogP contribution in [0.25, 0.3) is 0 Å². The predicted octanol–water partition coefficient (Wildman–Crippen LogP) is 2.41. The Morgan fingerprint density at radius 2 is 2.06 bits per heavy atom. The van der Waals surface area contributed by atoms with E-state index in [2.05, 4.69) is 32.7 Å². The minimum atomic E-state index is 0.919. The molecule has 0 spiro atoms. The molecule has 0 unspecified atom stereocenters. The summed E-state index contributed by atoms with van der Waals surface area (Å²) in [5.74, 6) is 0.919. The molecule has 0 radical (unpaired) electrons. The Kier molecular flexibility index (Phi) is 3.93. The Balaban J connectivity index is 1.96. The summed E-state index contributed by atoms with van der Waals surface area (Å²) < 4.78 is 0. The lowest BCUT2D eigenvalue weighted by atomic mass is 10.1. The molecule has 90 valence electrons. The van der Waals surface area contributed by atoms with Crippen LogP contribution in [0.1, 0.15) is 10.4 Å². The van der Waals surface area contributed by atoms with E-state index in [1.54, 1.807) is 11.3 Å². The van der Waals surface area contributed by atoms with Crippen molar-refractivity contribution < 1.29 is 0 Å². The molecule has 0 aliphatic rings. The van der Waals surface area contributed by atoms with Gasteiger partial charge >= 0.3 is 0 Å². The van der Waals surface area contributed by atoms with E-state index in [4.69, 9.17) is 0 Å². The van der Waals surface area contributed by atoms with Gasteiger partial charge in [-0.2, -0.15) is 0 Å². The Bertz CT molecular complexity index is 481. The molecule has 2 aromatic heterocycles. The number of aryl methyl sites for hydroxylation is 2. The van der Waals surface area contributed by atoms with Crippen LogP contribution in [0, 0.1) is 0 Å². The number of rotatable bonds is 5. The molecular formula is C12H16N4S. The smallest absolute Gasteiger partial charge is 0.182 e. The van der Waals surface area contributed by atoms with Gasteiger partial charge in [0, 0.05) is 31.4 Å². The lowest BCUT2D eigenvalue weighted by Gasteiger charge is -2.02. The molecule has 0 saturated carbocycles. The van der Waals surface area contributed by atoms with E-state index in [9.17, 15) is 0 Å². The van der Waals surface area contributed by atoms with Crippen LogP contribution in [0.5, 0.6) is 0 Å². The number of anilines is 2. The van der Waals surface area contributed by atoms with Crippen molar-refractivity contribution in [2.75, 3.05) is 24.7 Å². The van der Waals surface area contributed by atoms with Gasteiger partial charge in [-0.25, -0.2) is 9.97 Å². The van der Waals surface area contributed by atoms with Crippen LogP contribution in [0.15, 0.2) is 24.5 Å². The van der Waals surface area contributed by atoms with Crippen molar-refractivity contribution >= 4 is 22.3 Å². The molecule has 2 rings (SSSR count). The molecule has 0 bridgehead atoms. The molecule has 0 atom stereocenters. The highest BCUT2D eigenvalue weighted by molar-refractivity contribution is 7.15. The summed E-state index contributed by atoms with van der Waals surface area (Å²) in [5.41, 5.74) is 1.30. The Hall–Kier alpha value is -1.62. The van der Waals surface area contributed by atoms with Gasteiger partial charge in [0.1, 0.15) is 5.82 Å². The van der Waals surface area contributed by atoms with Gasteiger partial charge in [0.25, 0.3) is 0 Å². The largest absolute Gasteiger partial charge is 0.373 e. The molecule has 0 aliphatic heterocycles. The third kappa shape index (κ3) is 3.17. The van der Waals surface area contributed by atoms with E-state index in [-0.39, 0.29) is 0 Å². The van der Waals surface area contributed by atoms with Crippen molar-refractivity contribution in [1.29, 1.82) is 0 Å². The summed E-state index contributed by atoms with van der Waals surface area (Å²) in [6.45, 7) is 0. The second kappa shape index (κ2) is 5.63. The monoisotopic (exact) mass is 248 g/mol. The summed E-state index contributed by atoms with van der Waals surface area (Å²) in [5, 5.41) is 7.08. The maximum Gasteiger partial charge on any atom is 0.182 e. The lowest BCUT2D eigenvalue weighted by Crippen LogP contribution is -1.95. The van der Waals surface area contributed by atoms with E-state index in [1.807, 2.05) is 26.5 Å². The molecule has 5 heteroatoms. The standard InChI is InChI=1S/C12H16N4S/c1-13-11-7-9(5-6-15-11)3-4-10-8-16-12(14-2)17-10/h5-8H,3-4H2,1-2H3,(H,13,15)(H,14,16). The fourth-order valence-corrected chi connectivity index (χ4v) is 2.34. The van der Waals surface area contributed by atoms with Gasteiger partial charge in [0.2, 0.25) is 0 Å². The van der Waals surface area contributed by atoms with Gasteiger partial charge in [0.05, 0.1) is 0 Å². The second-order valence-electron chi connectivity index (χ2n) is 3.68. The van der Waals surface area contributed by atoms with Gasteiger partial charge in [-0.3, -0.25) is 0 Å². The Labute approximate surface area is 105 Å². The fourth-order valence-electron chi connectivity index (χ4n) is 1.57. The van der Waals surface area contributed by atoms with E-state index < -0.39 is 0 Å². The molecule has 0 amide bonds. The first-order valence-electron chi connectivity index (χ1n) is 5.57. The van der Waals surface area contributed by atoms with Gasteiger partial charge in [0.15, 0.2) is 5.13 Å². The van der Waals surface area contributed by atoms with Crippen LogP contribution in [0.2, 0.25) is 0 Å². The molecule has 4 nitrogen and oxygen atoms in total. The van der Waals surface area contributed by atoms with Crippen LogP contribution < -0.4 is 10.6 Å². The average Bonchev–Trinajstić information content (AvgIpc) is 2.84. The SMILES string of the molecule is CNc1cc(CCc2cnc(NC)s2)ccn1.